The number of primary sulfonamides is 1. The second-order valence-corrected chi connectivity index (χ2v) is 10.4. The molecule has 8 nitrogen and oxygen atoms in total. The first-order chi connectivity index (χ1) is 17.6. The van der Waals surface area contributed by atoms with Crippen LogP contribution in [0.4, 0.5) is 14.6 Å². The van der Waals surface area contributed by atoms with Gasteiger partial charge in [0.25, 0.3) is 5.56 Å². The lowest BCUT2D eigenvalue weighted by Gasteiger charge is -2.32. The minimum atomic E-state index is -3.97. The van der Waals surface area contributed by atoms with Crippen molar-refractivity contribution in [2.75, 3.05) is 5.32 Å². The van der Waals surface area contributed by atoms with E-state index < -0.39 is 33.3 Å². The minimum Gasteiger partial charge on any atom is -0.351 e. The number of fused-ring (bicyclic) bond motifs is 1. The zero-order chi connectivity index (χ0) is 26.5. The van der Waals surface area contributed by atoms with Crippen LogP contribution < -0.4 is 21.3 Å². The summed E-state index contributed by atoms with van der Waals surface area (Å²) in [7, 11) is -3.97. The highest BCUT2D eigenvalue weighted by Crippen LogP contribution is 2.33. The van der Waals surface area contributed by atoms with Crippen molar-refractivity contribution in [3.63, 3.8) is 0 Å². The van der Waals surface area contributed by atoms with Crippen molar-refractivity contribution >= 4 is 45.4 Å². The van der Waals surface area contributed by atoms with Crippen LogP contribution in [-0.4, -0.2) is 22.7 Å². The minimum absolute atomic E-state index is 0.00328. The summed E-state index contributed by atoms with van der Waals surface area (Å²) in [5, 5.41) is 11.2. The molecule has 0 fully saturated rings. The van der Waals surface area contributed by atoms with Crippen LogP contribution in [0.25, 0.3) is 11.4 Å². The number of anilines is 1. The molecule has 1 unspecified atom stereocenters. The summed E-state index contributed by atoms with van der Waals surface area (Å²) in [5.41, 5.74) is 0.269. The Hall–Kier alpha value is -3.78. The molecule has 1 aromatic heterocycles. The quantitative estimate of drug-likeness (QED) is 0.329. The molecular formula is C24H17F2N5O3S3. The lowest BCUT2D eigenvalue weighted by molar-refractivity contribution is 0.556. The SMILES string of the molecule is NS(=O)(=O)c1ccc(-n2c(=O)c3c(n(-c4ccccc4)c2=S)NC(=S)NC3c2ccc(F)cc2F)cc1. The van der Waals surface area contributed by atoms with Crippen LogP contribution in [0.5, 0.6) is 0 Å². The van der Waals surface area contributed by atoms with Crippen LogP contribution in [0, 0.1) is 16.4 Å². The summed E-state index contributed by atoms with van der Waals surface area (Å²) in [6.07, 6.45) is 0. The van der Waals surface area contributed by atoms with E-state index in [0.717, 1.165) is 12.1 Å². The number of para-hydroxylation sites is 1. The fourth-order valence-corrected chi connectivity index (χ4v) is 5.27. The Labute approximate surface area is 220 Å². The van der Waals surface area contributed by atoms with Gasteiger partial charge in [-0.25, -0.2) is 22.3 Å². The fourth-order valence-electron chi connectivity index (χ4n) is 4.15. The number of benzene rings is 3. The maximum absolute atomic E-state index is 14.9. The van der Waals surface area contributed by atoms with E-state index in [2.05, 4.69) is 10.6 Å². The molecule has 0 saturated carbocycles. The van der Waals surface area contributed by atoms with Gasteiger partial charge in [-0.15, -0.1) is 0 Å². The van der Waals surface area contributed by atoms with Gasteiger partial charge < -0.3 is 10.6 Å². The van der Waals surface area contributed by atoms with Gasteiger partial charge in [0.2, 0.25) is 10.0 Å². The van der Waals surface area contributed by atoms with Crippen LogP contribution in [-0.2, 0) is 10.0 Å². The van der Waals surface area contributed by atoms with Gasteiger partial charge in [0.05, 0.1) is 22.2 Å². The number of thiocarbonyl (C=S) groups is 1. The predicted molar refractivity (Wildman–Crippen MR) is 141 cm³/mol. The highest BCUT2D eigenvalue weighted by Gasteiger charge is 2.33. The van der Waals surface area contributed by atoms with E-state index in [1.807, 2.05) is 0 Å². The topological polar surface area (TPSA) is 111 Å². The number of halogens is 2. The van der Waals surface area contributed by atoms with Crippen LogP contribution in [0.2, 0.25) is 0 Å². The predicted octanol–water partition coefficient (Wildman–Crippen LogP) is 3.67. The van der Waals surface area contributed by atoms with Gasteiger partial charge in [-0.1, -0.05) is 24.3 Å². The van der Waals surface area contributed by atoms with Gasteiger partial charge >= 0.3 is 0 Å². The molecule has 2 heterocycles. The largest absolute Gasteiger partial charge is 0.351 e. The molecule has 0 amide bonds. The number of aromatic nitrogens is 2. The molecule has 0 bridgehead atoms. The third kappa shape index (κ3) is 4.46. The summed E-state index contributed by atoms with van der Waals surface area (Å²) >= 11 is 11.1. The Morgan fingerprint density at radius 2 is 1.54 bits per heavy atom. The van der Waals surface area contributed by atoms with E-state index >= 15 is 0 Å². The van der Waals surface area contributed by atoms with Crippen molar-refractivity contribution in [3.8, 4) is 11.4 Å². The van der Waals surface area contributed by atoms with Crippen LogP contribution in [0.3, 0.4) is 0 Å². The average Bonchev–Trinajstić information content (AvgIpc) is 2.84. The fraction of sp³-hybridized carbons (Fsp3) is 0.0417. The Morgan fingerprint density at radius 3 is 2.16 bits per heavy atom. The van der Waals surface area contributed by atoms with E-state index in [9.17, 15) is 22.0 Å². The number of rotatable bonds is 4. The van der Waals surface area contributed by atoms with Crippen molar-refractivity contribution in [2.24, 2.45) is 5.14 Å². The number of nitrogens with zero attached hydrogens (tertiary/aromatic N) is 2. The average molecular weight is 558 g/mol. The summed E-state index contributed by atoms with van der Waals surface area (Å²) < 4.78 is 54.8. The molecule has 0 aliphatic carbocycles. The number of hydrogen-bond donors (Lipinski definition) is 3. The molecule has 5 rings (SSSR count). The number of sulfonamides is 1. The molecular weight excluding hydrogens is 540 g/mol. The molecule has 4 aromatic rings. The number of nitrogens with two attached hydrogens (primary N) is 1. The second-order valence-electron chi connectivity index (χ2n) is 8.09. The summed E-state index contributed by atoms with van der Waals surface area (Å²) in [6, 6.07) is 16.1. The summed E-state index contributed by atoms with van der Waals surface area (Å²) in [6.45, 7) is 0. The Kier molecular flexibility index (Phi) is 6.23. The smallest absolute Gasteiger partial charge is 0.266 e. The summed E-state index contributed by atoms with van der Waals surface area (Å²) in [4.78, 5) is 13.8. The highest BCUT2D eigenvalue weighted by atomic mass is 32.2. The van der Waals surface area contributed by atoms with Crippen LogP contribution >= 0.6 is 24.4 Å². The van der Waals surface area contributed by atoms with Gasteiger partial charge in [-0.3, -0.25) is 13.9 Å². The lowest BCUT2D eigenvalue weighted by atomic mass is 9.97. The maximum Gasteiger partial charge on any atom is 0.266 e. The van der Waals surface area contributed by atoms with E-state index in [1.165, 1.54) is 34.9 Å². The molecule has 1 atom stereocenters. The molecule has 0 radical (unpaired) electrons. The number of hydrogen-bond acceptors (Lipinski definition) is 5. The van der Waals surface area contributed by atoms with Crippen molar-refractivity contribution in [2.45, 2.75) is 10.9 Å². The van der Waals surface area contributed by atoms with Gasteiger partial charge in [-0.2, -0.15) is 0 Å². The molecule has 0 saturated heterocycles. The third-order valence-corrected chi connectivity index (χ3v) is 7.32. The van der Waals surface area contributed by atoms with Crippen molar-refractivity contribution in [3.05, 3.63) is 111 Å². The van der Waals surface area contributed by atoms with Gasteiger partial charge in [-0.05, 0) is 66.9 Å². The zero-order valence-electron chi connectivity index (χ0n) is 18.7. The molecule has 4 N–H and O–H groups in total. The van der Waals surface area contributed by atoms with Crippen LogP contribution in [0.15, 0.2) is 82.5 Å². The Bertz CT molecular complexity index is 1790. The molecule has 188 valence electrons. The Morgan fingerprint density at radius 1 is 0.892 bits per heavy atom. The molecule has 1 aliphatic rings. The number of nitrogens with one attached hydrogen (secondary N) is 2. The molecule has 0 spiro atoms. The van der Waals surface area contributed by atoms with E-state index in [4.69, 9.17) is 29.6 Å². The van der Waals surface area contributed by atoms with Crippen LogP contribution in [0.1, 0.15) is 17.2 Å². The monoisotopic (exact) mass is 557 g/mol. The first kappa shape index (κ1) is 24.9. The lowest BCUT2D eigenvalue weighted by Crippen LogP contribution is -2.45. The van der Waals surface area contributed by atoms with E-state index in [0.29, 0.717) is 5.69 Å². The highest BCUT2D eigenvalue weighted by molar-refractivity contribution is 7.89. The van der Waals surface area contributed by atoms with Crippen molar-refractivity contribution in [1.29, 1.82) is 0 Å². The van der Waals surface area contributed by atoms with E-state index in [1.54, 1.807) is 34.9 Å². The Balaban J connectivity index is 1.86. The van der Waals surface area contributed by atoms with Gasteiger partial charge in [0.1, 0.15) is 17.5 Å². The molecule has 37 heavy (non-hydrogen) atoms. The van der Waals surface area contributed by atoms with E-state index in [-0.39, 0.29) is 37.4 Å². The third-order valence-electron chi connectivity index (χ3n) is 5.80. The molecule has 1 aliphatic heterocycles. The first-order valence-electron chi connectivity index (χ1n) is 10.7. The molecule has 13 heteroatoms. The van der Waals surface area contributed by atoms with Gasteiger partial charge in [0.15, 0.2) is 9.88 Å². The summed E-state index contributed by atoms with van der Waals surface area (Å²) in [5.74, 6) is -1.42. The van der Waals surface area contributed by atoms with Crippen molar-refractivity contribution in [1.82, 2.24) is 14.5 Å². The normalized spacial score (nSPS) is 15.0. The van der Waals surface area contributed by atoms with Gasteiger partial charge in [0, 0.05) is 17.3 Å². The second kappa shape index (κ2) is 9.27. The van der Waals surface area contributed by atoms with Crippen molar-refractivity contribution < 1.29 is 17.2 Å². The maximum atomic E-state index is 14.9. The molecule has 3 aromatic carbocycles. The standard InChI is InChI=1S/C24H17F2N5O3S3/c25-13-6-11-17(18(26)12-13)20-19-21(29-23(35)28-20)30(14-4-2-1-3-5-14)24(36)31(22(19)32)15-7-9-16(10-8-15)37(27,33)34/h1-12,20H,(H2,27,33,34)(H2,28,29,35). The first-order valence-corrected chi connectivity index (χ1v) is 13.1. The zero-order valence-corrected chi connectivity index (χ0v) is 21.1.